The molecular weight excluding hydrogens is 318 g/mol. The summed E-state index contributed by atoms with van der Waals surface area (Å²) in [5.41, 5.74) is 3.75. The van der Waals surface area contributed by atoms with Crippen molar-refractivity contribution >= 4 is 17.5 Å². The van der Waals surface area contributed by atoms with Crippen LogP contribution < -0.4 is 0 Å². The number of hydrogen-bond donors (Lipinski definition) is 1. The summed E-state index contributed by atoms with van der Waals surface area (Å²) in [4.78, 5) is 4.29. The van der Waals surface area contributed by atoms with E-state index in [0.29, 0.717) is 5.75 Å². The lowest BCUT2D eigenvalue weighted by atomic mass is 9.78. The molecule has 0 unspecified atom stereocenters. The predicted molar refractivity (Wildman–Crippen MR) is 100 cm³/mol. The molecule has 4 nitrogen and oxygen atoms in total. The zero-order valence-corrected chi connectivity index (χ0v) is 16.0. The Balaban J connectivity index is 2.19. The third kappa shape index (κ3) is 3.09. The maximum absolute atomic E-state index is 10.8. The van der Waals surface area contributed by atoms with Crippen LogP contribution in [-0.4, -0.2) is 26.2 Å². The molecule has 0 radical (unpaired) electrons. The van der Waals surface area contributed by atoms with Crippen LogP contribution in [0.15, 0.2) is 34.8 Å². The van der Waals surface area contributed by atoms with Gasteiger partial charge < -0.3 is 5.11 Å². The molecule has 0 amide bonds. The minimum Gasteiger partial charge on any atom is -0.507 e. The van der Waals surface area contributed by atoms with Gasteiger partial charge in [-0.2, -0.15) is 5.10 Å². The van der Waals surface area contributed by atoms with E-state index >= 15 is 0 Å². The van der Waals surface area contributed by atoms with E-state index in [1.165, 1.54) is 0 Å². The molecule has 2 aromatic rings. The SMILES string of the molecule is CC(C)(C)c1cc(C2=Nn3ccnc3SC2)cc(C(C)(C)C)c1O. The lowest BCUT2D eigenvalue weighted by molar-refractivity contribution is 0.423. The standard InChI is InChI=1S/C19H25N3OS/c1-18(2,3)13-9-12(10-14(16(13)23)19(4,5)6)15-11-24-17-20-7-8-22(17)21-15/h7-10,23H,11H2,1-6H3. The zero-order valence-electron chi connectivity index (χ0n) is 15.2. The van der Waals surface area contributed by atoms with Crippen LogP contribution in [0.1, 0.15) is 58.2 Å². The summed E-state index contributed by atoms with van der Waals surface area (Å²) in [6, 6.07) is 4.18. The van der Waals surface area contributed by atoms with Gasteiger partial charge in [-0.1, -0.05) is 53.3 Å². The van der Waals surface area contributed by atoms with Crippen molar-refractivity contribution in [2.75, 3.05) is 5.75 Å². The second-order valence-corrected chi connectivity index (χ2v) is 9.25. The van der Waals surface area contributed by atoms with E-state index in [0.717, 1.165) is 33.3 Å². The van der Waals surface area contributed by atoms with Crippen molar-refractivity contribution in [3.8, 4) is 5.75 Å². The molecule has 24 heavy (non-hydrogen) atoms. The Bertz CT molecular complexity index is 772. The van der Waals surface area contributed by atoms with Crippen molar-refractivity contribution in [2.24, 2.45) is 5.10 Å². The molecule has 1 aliphatic rings. The number of hydrogen-bond acceptors (Lipinski definition) is 4. The van der Waals surface area contributed by atoms with E-state index in [4.69, 9.17) is 5.10 Å². The quantitative estimate of drug-likeness (QED) is 0.827. The molecule has 1 aromatic heterocycles. The molecule has 0 spiro atoms. The van der Waals surface area contributed by atoms with Crippen LogP contribution >= 0.6 is 11.8 Å². The van der Waals surface area contributed by atoms with Crippen LogP contribution in [0.25, 0.3) is 0 Å². The summed E-state index contributed by atoms with van der Waals surface area (Å²) in [5.74, 6) is 1.20. The molecule has 2 heterocycles. The van der Waals surface area contributed by atoms with Crippen LogP contribution in [0.5, 0.6) is 5.75 Å². The molecule has 128 valence electrons. The van der Waals surface area contributed by atoms with Gasteiger partial charge in [0.1, 0.15) is 5.75 Å². The van der Waals surface area contributed by atoms with Crippen LogP contribution in [0, 0.1) is 0 Å². The number of rotatable bonds is 1. The average Bonchev–Trinajstić information content (AvgIpc) is 2.92. The van der Waals surface area contributed by atoms with Gasteiger partial charge in [-0.15, -0.1) is 0 Å². The smallest absolute Gasteiger partial charge is 0.189 e. The number of aromatic hydroxyl groups is 1. The monoisotopic (exact) mass is 343 g/mol. The number of phenolic OH excluding ortho intramolecular Hbond substituents is 1. The number of nitrogens with zero attached hydrogens (tertiary/aromatic N) is 3. The Kier molecular flexibility index (Phi) is 4.03. The average molecular weight is 343 g/mol. The highest BCUT2D eigenvalue weighted by atomic mass is 32.2. The summed E-state index contributed by atoms with van der Waals surface area (Å²) in [5, 5.41) is 16.5. The van der Waals surface area contributed by atoms with Gasteiger partial charge >= 0.3 is 0 Å². The van der Waals surface area contributed by atoms with E-state index in [1.807, 2.05) is 10.9 Å². The topological polar surface area (TPSA) is 50.4 Å². The number of fused-ring (bicyclic) bond motifs is 1. The molecule has 1 aromatic carbocycles. The van der Waals surface area contributed by atoms with Crippen molar-refractivity contribution in [3.05, 3.63) is 41.2 Å². The molecule has 0 saturated heterocycles. The molecular formula is C19H25N3OS. The first-order valence-electron chi connectivity index (χ1n) is 8.20. The Morgan fingerprint density at radius 2 is 1.62 bits per heavy atom. The second kappa shape index (κ2) is 5.66. The molecule has 0 bridgehead atoms. The van der Waals surface area contributed by atoms with Crippen LogP contribution in [0.4, 0.5) is 0 Å². The second-order valence-electron chi connectivity index (χ2n) is 8.31. The predicted octanol–water partition coefficient (Wildman–Crippen LogP) is 4.54. The van der Waals surface area contributed by atoms with Gasteiger partial charge in [0.05, 0.1) is 5.71 Å². The minimum atomic E-state index is -0.136. The van der Waals surface area contributed by atoms with Gasteiger partial charge in [-0.25, -0.2) is 9.66 Å². The van der Waals surface area contributed by atoms with E-state index in [9.17, 15) is 5.11 Å². The Morgan fingerprint density at radius 1 is 1.04 bits per heavy atom. The van der Waals surface area contributed by atoms with Crippen molar-refractivity contribution in [1.82, 2.24) is 9.66 Å². The zero-order chi connectivity index (χ0) is 17.7. The van der Waals surface area contributed by atoms with Crippen LogP contribution in [0.2, 0.25) is 0 Å². The molecule has 3 rings (SSSR count). The third-order valence-electron chi connectivity index (χ3n) is 4.21. The fourth-order valence-corrected chi connectivity index (χ4v) is 3.70. The highest BCUT2D eigenvalue weighted by Gasteiger charge is 2.28. The third-order valence-corrected chi connectivity index (χ3v) is 5.18. The van der Waals surface area contributed by atoms with E-state index in [-0.39, 0.29) is 10.8 Å². The number of imidazole rings is 1. The van der Waals surface area contributed by atoms with E-state index in [2.05, 4.69) is 58.7 Å². The highest BCUT2D eigenvalue weighted by molar-refractivity contribution is 7.99. The molecule has 1 aliphatic heterocycles. The van der Waals surface area contributed by atoms with Crippen molar-refractivity contribution in [3.63, 3.8) is 0 Å². The molecule has 0 atom stereocenters. The molecule has 0 fully saturated rings. The van der Waals surface area contributed by atoms with Gasteiger partial charge in [0.15, 0.2) is 5.16 Å². The summed E-state index contributed by atoms with van der Waals surface area (Å²) in [7, 11) is 0. The van der Waals surface area contributed by atoms with Crippen LogP contribution in [-0.2, 0) is 10.8 Å². The fourth-order valence-electron chi connectivity index (χ4n) is 2.84. The summed E-state index contributed by atoms with van der Waals surface area (Å²) in [6.07, 6.45) is 3.64. The highest BCUT2D eigenvalue weighted by Crippen LogP contribution is 2.40. The van der Waals surface area contributed by atoms with Crippen molar-refractivity contribution in [1.29, 1.82) is 0 Å². The van der Waals surface area contributed by atoms with Gasteiger partial charge in [0.25, 0.3) is 0 Å². The number of thioether (sulfide) groups is 1. The molecule has 0 saturated carbocycles. The maximum atomic E-state index is 10.8. The number of benzene rings is 1. The van der Waals surface area contributed by atoms with Crippen LogP contribution in [0.3, 0.4) is 0 Å². The van der Waals surface area contributed by atoms with Gasteiger partial charge in [-0.05, 0) is 28.5 Å². The van der Waals surface area contributed by atoms with Crippen molar-refractivity contribution < 1.29 is 5.11 Å². The molecule has 1 N–H and O–H groups in total. The first-order chi connectivity index (χ1) is 11.1. The summed E-state index contributed by atoms with van der Waals surface area (Å²) < 4.78 is 1.82. The lowest BCUT2D eigenvalue weighted by Gasteiger charge is -2.28. The van der Waals surface area contributed by atoms with E-state index < -0.39 is 0 Å². The van der Waals surface area contributed by atoms with Gasteiger partial charge in [0, 0.05) is 29.3 Å². The normalized spacial score (nSPS) is 15.2. The minimum absolute atomic E-state index is 0.136. The summed E-state index contributed by atoms with van der Waals surface area (Å²) in [6.45, 7) is 12.8. The van der Waals surface area contributed by atoms with Gasteiger partial charge in [-0.3, -0.25) is 0 Å². The lowest BCUT2D eigenvalue weighted by Crippen LogP contribution is -2.20. The Hall–Kier alpha value is -1.75. The first kappa shape index (κ1) is 17.1. The number of phenols is 1. The molecule has 5 heteroatoms. The largest absolute Gasteiger partial charge is 0.507 e. The Labute approximate surface area is 148 Å². The maximum Gasteiger partial charge on any atom is 0.189 e. The fraction of sp³-hybridized carbons (Fsp3) is 0.474. The summed E-state index contributed by atoms with van der Waals surface area (Å²) >= 11 is 1.69. The molecule has 0 aliphatic carbocycles. The first-order valence-corrected chi connectivity index (χ1v) is 9.18. The Morgan fingerprint density at radius 3 is 2.17 bits per heavy atom. The van der Waals surface area contributed by atoms with Gasteiger partial charge in [0.2, 0.25) is 0 Å². The van der Waals surface area contributed by atoms with Crippen molar-refractivity contribution in [2.45, 2.75) is 57.5 Å². The van der Waals surface area contributed by atoms with E-state index in [1.54, 1.807) is 18.0 Å². The number of aromatic nitrogens is 2.